The highest BCUT2D eigenvalue weighted by atomic mass is 35.5. The minimum absolute atomic E-state index is 0.291. The average molecular weight is 467 g/mol. The summed E-state index contributed by atoms with van der Waals surface area (Å²) in [7, 11) is 0. The first-order valence-corrected chi connectivity index (χ1v) is 11.8. The van der Waals surface area contributed by atoms with Gasteiger partial charge in [-0.15, -0.1) is 0 Å². The predicted molar refractivity (Wildman–Crippen MR) is 131 cm³/mol. The molecule has 4 aromatic carbocycles. The van der Waals surface area contributed by atoms with E-state index in [9.17, 15) is 8.78 Å². The molecule has 0 nitrogen and oxygen atoms in total. The van der Waals surface area contributed by atoms with Gasteiger partial charge in [-0.1, -0.05) is 79.9 Å². The van der Waals surface area contributed by atoms with E-state index >= 15 is 4.39 Å². The fourth-order valence-electron chi connectivity index (χ4n) is 4.18. The second-order valence-electron chi connectivity index (χ2n) is 8.50. The maximum absolute atomic E-state index is 15.2. The molecule has 0 spiro atoms. The van der Waals surface area contributed by atoms with Crippen LogP contribution in [0.4, 0.5) is 13.2 Å². The summed E-state index contributed by atoms with van der Waals surface area (Å²) in [5.41, 5.74) is 4.45. The van der Waals surface area contributed by atoms with Crippen LogP contribution in [0.15, 0.2) is 66.7 Å². The van der Waals surface area contributed by atoms with Crippen molar-refractivity contribution in [3.8, 4) is 11.1 Å². The van der Waals surface area contributed by atoms with Crippen molar-refractivity contribution in [1.82, 2.24) is 0 Å². The Labute approximate surface area is 198 Å². The first-order valence-electron chi connectivity index (χ1n) is 11.4. The number of hydrogen-bond acceptors (Lipinski definition) is 0. The van der Waals surface area contributed by atoms with Gasteiger partial charge in [0.05, 0.1) is 0 Å². The van der Waals surface area contributed by atoms with E-state index in [1.807, 2.05) is 18.2 Å². The zero-order valence-corrected chi connectivity index (χ0v) is 19.4. The van der Waals surface area contributed by atoms with Gasteiger partial charge < -0.3 is 0 Å². The number of hydrogen-bond donors (Lipinski definition) is 0. The van der Waals surface area contributed by atoms with Crippen molar-refractivity contribution in [2.24, 2.45) is 0 Å². The van der Waals surface area contributed by atoms with Gasteiger partial charge in [-0.25, -0.2) is 13.2 Å². The minimum Gasteiger partial charge on any atom is -0.206 e. The van der Waals surface area contributed by atoms with E-state index in [-0.39, 0.29) is 5.82 Å². The van der Waals surface area contributed by atoms with Gasteiger partial charge in [-0.2, -0.15) is 0 Å². The first-order chi connectivity index (χ1) is 16.0. The number of halogens is 4. The Kier molecular flexibility index (Phi) is 7.39. The van der Waals surface area contributed by atoms with E-state index in [0.717, 1.165) is 22.9 Å². The third-order valence-electron chi connectivity index (χ3n) is 6.12. The Hall–Kier alpha value is -2.78. The van der Waals surface area contributed by atoms with Crippen LogP contribution in [0.5, 0.6) is 0 Å². The van der Waals surface area contributed by atoms with E-state index in [1.165, 1.54) is 37.0 Å². The monoisotopic (exact) mass is 466 g/mol. The van der Waals surface area contributed by atoms with Crippen LogP contribution >= 0.6 is 11.6 Å². The van der Waals surface area contributed by atoms with E-state index in [1.54, 1.807) is 12.1 Å². The van der Waals surface area contributed by atoms with Crippen LogP contribution in [0.1, 0.15) is 42.9 Å². The van der Waals surface area contributed by atoms with Crippen molar-refractivity contribution < 1.29 is 13.2 Å². The van der Waals surface area contributed by atoms with Crippen molar-refractivity contribution in [2.75, 3.05) is 0 Å². The number of unbranched alkanes of at least 4 members (excludes halogenated alkanes) is 2. The van der Waals surface area contributed by atoms with Crippen LogP contribution < -0.4 is 0 Å². The van der Waals surface area contributed by atoms with Crippen molar-refractivity contribution >= 4 is 22.4 Å². The molecule has 4 rings (SSSR count). The molecule has 0 saturated heterocycles. The van der Waals surface area contributed by atoms with Gasteiger partial charge in [0, 0.05) is 5.39 Å². The van der Waals surface area contributed by atoms with E-state index in [4.69, 9.17) is 11.6 Å². The highest BCUT2D eigenvalue weighted by Gasteiger charge is 2.12. The zero-order valence-electron chi connectivity index (χ0n) is 18.6. The molecule has 0 radical (unpaired) electrons. The molecule has 0 aliphatic rings. The summed E-state index contributed by atoms with van der Waals surface area (Å²) >= 11 is 5.54. The van der Waals surface area contributed by atoms with Gasteiger partial charge >= 0.3 is 0 Å². The zero-order chi connectivity index (χ0) is 23.4. The molecule has 0 heterocycles. The molecule has 0 saturated carbocycles. The third-order valence-corrected chi connectivity index (χ3v) is 6.48. The standard InChI is InChI=1S/C29H26ClF3/c1-2-3-4-5-19-6-9-21(10-7-19)23-14-15-25-24(18-23)13-12-22(29(25)33)11-8-20-16-26(31)28(30)27(32)17-20/h6-7,9-10,12-18H,2-5,8,11H2,1H3. The SMILES string of the molecule is CCCCCc1ccc(-c2ccc3c(F)c(CCc4cc(F)c(Cl)c(F)c4)ccc3c2)cc1. The smallest absolute Gasteiger partial charge is 0.145 e. The molecule has 33 heavy (non-hydrogen) atoms. The Morgan fingerprint density at radius 3 is 2.06 bits per heavy atom. The lowest BCUT2D eigenvalue weighted by molar-refractivity contribution is 0.579. The molecular formula is C29H26ClF3. The third kappa shape index (κ3) is 5.42. The summed E-state index contributed by atoms with van der Waals surface area (Å²) < 4.78 is 42.5. The maximum atomic E-state index is 15.2. The summed E-state index contributed by atoms with van der Waals surface area (Å²) in [6.45, 7) is 2.20. The van der Waals surface area contributed by atoms with Gasteiger partial charge in [-0.05, 0) is 77.1 Å². The van der Waals surface area contributed by atoms with Crippen molar-refractivity contribution in [3.63, 3.8) is 0 Å². The lowest BCUT2D eigenvalue weighted by Gasteiger charge is -2.10. The summed E-state index contributed by atoms with van der Waals surface area (Å²) in [5, 5.41) is 0.850. The minimum atomic E-state index is -0.799. The molecule has 0 unspecified atom stereocenters. The van der Waals surface area contributed by atoms with Gasteiger partial charge in [0.25, 0.3) is 0 Å². The summed E-state index contributed by atoms with van der Waals surface area (Å²) in [5.74, 6) is -1.89. The molecule has 4 aromatic rings. The fourth-order valence-corrected chi connectivity index (χ4v) is 4.29. The largest absolute Gasteiger partial charge is 0.206 e. The van der Waals surface area contributed by atoms with E-state index < -0.39 is 16.7 Å². The van der Waals surface area contributed by atoms with Crippen molar-refractivity contribution in [2.45, 2.75) is 45.4 Å². The van der Waals surface area contributed by atoms with Crippen molar-refractivity contribution in [3.05, 3.63) is 106 Å². The Morgan fingerprint density at radius 1 is 0.667 bits per heavy atom. The molecule has 0 bridgehead atoms. The molecule has 0 fully saturated rings. The number of aryl methyl sites for hydroxylation is 3. The van der Waals surface area contributed by atoms with Gasteiger partial charge in [0.15, 0.2) is 0 Å². The molecule has 170 valence electrons. The highest BCUT2D eigenvalue weighted by molar-refractivity contribution is 6.30. The summed E-state index contributed by atoms with van der Waals surface area (Å²) in [6, 6.07) is 20.4. The van der Waals surface area contributed by atoms with E-state index in [2.05, 4.69) is 31.2 Å². The summed E-state index contributed by atoms with van der Waals surface area (Å²) in [6.07, 6.45) is 5.41. The molecule has 4 heteroatoms. The van der Waals surface area contributed by atoms with Gasteiger partial charge in [-0.3, -0.25) is 0 Å². The first kappa shape index (κ1) is 23.4. The summed E-state index contributed by atoms with van der Waals surface area (Å²) in [4.78, 5) is 0. The molecule has 0 amide bonds. The Balaban J connectivity index is 1.51. The molecule has 0 N–H and O–H groups in total. The number of fused-ring (bicyclic) bond motifs is 1. The predicted octanol–water partition coefficient (Wildman–Crippen LogP) is 9.10. The second kappa shape index (κ2) is 10.4. The fraction of sp³-hybridized carbons (Fsp3) is 0.241. The number of benzene rings is 4. The second-order valence-corrected chi connectivity index (χ2v) is 8.88. The van der Waals surface area contributed by atoms with E-state index in [0.29, 0.717) is 29.4 Å². The average Bonchev–Trinajstić information content (AvgIpc) is 2.82. The quantitative estimate of drug-likeness (QED) is 0.179. The normalized spacial score (nSPS) is 11.3. The van der Waals surface area contributed by atoms with Gasteiger partial charge in [0.1, 0.15) is 22.5 Å². The highest BCUT2D eigenvalue weighted by Crippen LogP contribution is 2.29. The molecule has 0 atom stereocenters. The Bertz CT molecular complexity index is 1240. The topological polar surface area (TPSA) is 0 Å². The molecular weight excluding hydrogens is 441 g/mol. The van der Waals surface area contributed by atoms with Gasteiger partial charge in [0.2, 0.25) is 0 Å². The van der Waals surface area contributed by atoms with Crippen LogP contribution in [0.3, 0.4) is 0 Å². The van der Waals surface area contributed by atoms with Crippen LogP contribution in [-0.2, 0) is 19.3 Å². The lowest BCUT2D eigenvalue weighted by Crippen LogP contribution is -1.98. The molecule has 0 aliphatic carbocycles. The maximum Gasteiger partial charge on any atom is 0.145 e. The van der Waals surface area contributed by atoms with Crippen molar-refractivity contribution in [1.29, 1.82) is 0 Å². The van der Waals surface area contributed by atoms with Crippen LogP contribution in [0.2, 0.25) is 5.02 Å². The molecule has 0 aromatic heterocycles. The number of rotatable bonds is 8. The van der Waals surface area contributed by atoms with Crippen LogP contribution in [0.25, 0.3) is 21.9 Å². The Morgan fingerprint density at radius 2 is 1.36 bits per heavy atom. The lowest BCUT2D eigenvalue weighted by atomic mass is 9.96. The molecule has 0 aliphatic heterocycles. The van der Waals surface area contributed by atoms with Crippen LogP contribution in [0, 0.1) is 17.5 Å². The van der Waals surface area contributed by atoms with Crippen LogP contribution in [-0.4, -0.2) is 0 Å².